The summed E-state index contributed by atoms with van der Waals surface area (Å²) in [4.78, 5) is 0. The molecule has 0 amide bonds. The average molecular weight is 194 g/mol. The fourth-order valence-electron chi connectivity index (χ4n) is 1.28. The zero-order valence-electron chi connectivity index (χ0n) is 7.50. The van der Waals surface area contributed by atoms with Crippen LogP contribution in [0.5, 0.6) is 0 Å². The Bertz CT molecular complexity index is 117. The van der Waals surface area contributed by atoms with Crippen molar-refractivity contribution < 1.29 is 25.5 Å². The highest BCUT2D eigenvalue weighted by atomic mass is 16.5. The molecule has 2 atom stereocenters. The Hall–Kier alpha value is -0.200. The van der Waals surface area contributed by atoms with Crippen molar-refractivity contribution in [1.29, 1.82) is 0 Å². The van der Waals surface area contributed by atoms with Gasteiger partial charge in [-0.1, -0.05) is 0 Å². The van der Waals surface area contributed by atoms with E-state index in [0.717, 1.165) is 0 Å². The van der Waals surface area contributed by atoms with Crippen LogP contribution in [0.25, 0.3) is 0 Å². The summed E-state index contributed by atoms with van der Waals surface area (Å²) in [6, 6.07) is 0. The molecule has 0 aliphatic carbocycles. The first kappa shape index (κ1) is 12.8. The highest BCUT2D eigenvalue weighted by Gasteiger charge is 2.25. The summed E-state index contributed by atoms with van der Waals surface area (Å²) in [6.07, 6.45) is -0.676. The van der Waals surface area contributed by atoms with E-state index >= 15 is 0 Å². The standard InChI is InChI=1S/C8H18O5/c9-3-1-2-6(4-10)7(5-11)8(12)13/h6-13H,1-5H2. The minimum absolute atomic E-state index is 0.00380. The van der Waals surface area contributed by atoms with Crippen LogP contribution in [0.15, 0.2) is 0 Å². The highest BCUT2D eigenvalue weighted by molar-refractivity contribution is 4.70. The number of hydrogen-bond donors (Lipinski definition) is 5. The van der Waals surface area contributed by atoms with Gasteiger partial charge in [-0.2, -0.15) is 0 Å². The van der Waals surface area contributed by atoms with Gasteiger partial charge in [-0.25, -0.2) is 0 Å². The largest absolute Gasteiger partial charge is 0.396 e. The van der Waals surface area contributed by atoms with Crippen molar-refractivity contribution in [3.8, 4) is 0 Å². The smallest absolute Gasteiger partial charge is 0.156 e. The molecule has 0 aromatic rings. The average Bonchev–Trinajstić information content (AvgIpc) is 2.11. The van der Waals surface area contributed by atoms with Gasteiger partial charge in [-0.15, -0.1) is 0 Å². The normalized spacial score (nSPS) is 16.2. The van der Waals surface area contributed by atoms with Gasteiger partial charge >= 0.3 is 0 Å². The highest BCUT2D eigenvalue weighted by Crippen LogP contribution is 2.19. The van der Waals surface area contributed by atoms with Gasteiger partial charge in [0, 0.05) is 19.1 Å². The molecule has 0 rings (SSSR count). The molecule has 80 valence electrons. The van der Waals surface area contributed by atoms with Crippen LogP contribution in [0, 0.1) is 11.8 Å². The number of aliphatic hydroxyl groups excluding tert-OH is 4. The van der Waals surface area contributed by atoms with Crippen LogP contribution < -0.4 is 0 Å². The molecular formula is C8H18O5. The molecular weight excluding hydrogens is 176 g/mol. The van der Waals surface area contributed by atoms with E-state index < -0.39 is 12.2 Å². The van der Waals surface area contributed by atoms with Crippen LogP contribution in [0.2, 0.25) is 0 Å². The van der Waals surface area contributed by atoms with Gasteiger partial charge in [-0.3, -0.25) is 0 Å². The first-order chi connectivity index (χ1) is 6.17. The van der Waals surface area contributed by atoms with Crippen LogP contribution in [-0.4, -0.2) is 51.6 Å². The van der Waals surface area contributed by atoms with Crippen molar-refractivity contribution >= 4 is 0 Å². The van der Waals surface area contributed by atoms with E-state index in [9.17, 15) is 0 Å². The van der Waals surface area contributed by atoms with E-state index in [-0.39, 0.29) is 25.7 Å². The number of rotatable bonds is 7. The molecule has 0 heterocycles. The summed E-state index contributed by atoms with van der Waals surface area (Å²) in [5, 5.41) is 43.9. The third-order valence-corrected chi connectivity index (χ3v) is 2.17. The van der Waals surface area contributed by atoms with Crippen molar-refractivity contribution in [2.75, 3.05) is 19.8 Å². The van der Waals surface area contributed by atoms with E-state index in [0.29, 0.717) is 12.8 Å². The van der Waals surface area contributed by atoms with E-state index in [1.54, 1.807) is 0 Å². The van der Waals surface area contributed by atoms with Gasteiger partial charge in [0.05, 0.1) is 6.61 Å². The summed E-state index contributed by atoms with van der Waals surface area (Å²) in [5.74, 6) is -1.12. The predicted molar refractivity (Wildman–Crippen MR) is 45.7 cm³/mol. The zero-order valence-corrected chi connectivity index (χ0v) is 7.50. The Balaban J connectivity index is 4.00. The van der Waals surface area contributed by atoms with Crippen LogP contribution in [0.4, 0.5) is 0 Å². The molecule has 13 heavy (non-hydrogen) atoms. The van der Waals surface area contributed by atoms with Crippen molar-refractivity contribution in [2.45, 2.75) is 19.1 Å². The van der Waals surface area contributed by atoms with Gasteiger partial charge in [0.15, 0.2) is 6.29 Å². The second-order valence-electron chi connectivity index (χ2n) is 3.07. The minimum atomic E-state index is -1.62. The molecule has 0 aromatic carbocycles. The number of hydrogen-bond acceptors (Lipinski definition) is 5. The van der Waals surface area contributed by atoms with E-state index in [4.69, 9.17) is 25.5 Å². The van der Waals surface area contributed by atoms with Crippen LogP contribution >= 0.6 is 0 Å². The lowest BCUT2D eigenvalue weighted by atomic mass is 9.89. The van der Waals surface area contributed by atoms with Crippen molar-refractivity contribution in [1.82, 2.24) is 0 Å². The lowest BCUT2D eigenvalue weighted by Gasteiger charge is -2.24. The minimum Gasteiger partial charge on any atom is -0.396 e. The molecule has 5 heteroatoms. The Morgan fingerprint density at radius 3 is 1.85 bits per heavy atom. The Morgan fingerprint density at radius 2 is 1.54 bits per heavy atom. The Morgan fingerprint density at radius 1 is 0.923 bits per heavy atom. The van der Waals surface area contributed by atoms with E-state index in [1.807, 2.05) is 0 Å². The van der Waals surface area contributed by atoms with Crippen LogP contribution in [0.3, 0.4) is 0 Å². The molecule has 0 bridgehead atoms. The summed E-state index contributed by atoms with van der Waals surface area (Å²) in [7, 11) is 0. The molecule has 0 aromatic heterocycles. The maximum atomic E-state index is 8.89. The van der Waals surface area contributed by atoms with Gasteiger partial charge in [0.1, 0.15) is 0 Å². The monoisotopic (exact) mass is 194 g/mol. The van der Waals surface area contributed by atoms with Crippen molar-refractivity contribution in [2.24, 2.45) is 11.8 Å². The molecule has 0 fully saturated rings. The lowest BCUT2D eigenvalue weighted by molar-refractivity contribution is -0.121. The second-order valence-corrected chi connectivity index (χ2v) is 3.07. The fraction of sp³-hybridized carbons (Fsp3) is 1.00. The Kier molecular flexibility index (Phi) is 7.12. The maximum Gasteiger partial charge on any atom is 0.156 e. The van der Waals surface area contributed by atoms with E-state index in [1.165, 1.54) is 0 Å². The van der Waals surface area contributed by atoms with Crippen LogP contribution in [-0.2, 0) is 0 Å². The third-order valence-electron chi connectivity index (χ3n) is 2.17. The first-order valence-electron chi connectivity index (χ1n) is 4.36. The molecule has 0 radical (unpaired) electrons. The predicted octanol–water partition coefficient (Wildman–Crippen LogP) is -1.71. The van der Waals surface area contributed by atoms with Gasteiger partial charge < -0.3 is 25.5 Å². The van der Waals surface area contributed by atoms with Gasteiger partial charge in [0.25, 0.3) is 0 Å². The molecule has 0 saturated heterocycles. The molecule has 0 aliphatic heterocycles. The van der Waals surface area contributed by atoms with Crippen LogP contribution in [0.1, 0.15) is 12.8 Å². The van der Waals surface area contributed by atoms with Crippen molar-refractivity contribution in [3.05, 3.63) is 0 Å². The summed E-state index contributed by atoms with van der Waals surface area (Å²) >= 11 is 0. The summed E-state index contributed by atoms with van der Waals surface area (Å²) < 4.78 is 0. The summed E-state index contributed by atoms with van der Waals surface area (Å²) in [5.41, 5.74) is 0. The molecule has 0 aliphatic rings. The molecule has 5 nitrogen and oxygen atoms in total. The Labute approximate surface area is 77.3 Å². The van der Waals surface area contributed by atoms with E-state index in [2.05, 4.69) is 0 Å². The SMILES string of the molecule is OCCCC(CO)C(CO)C(O)O. The molecule has 5 N–H and O–H groups in total. The van der Waals surface area contributed by atoms with Gasteiger partial charge in [0.2, 0.25) is 0 Å². The second kappa shape index (κ2) is 7.23. The maximum absolute atomic E-state index is 8.89. The zero-order chi connectivity index (χ0) is 10.3. The fourth-order valence-corrected chi connectivity index (χ4v) is 1.28. The summed E-state index contributed by atoms with van der Waals surface area (Å²) in [6.45, 7) is -0.604. The first-order valence-corrected chi connectivity index (χ1v) is 4.36. The van der Waals surface area contributed by atoms with Gasteiger partial charge in [-0.05, 0) is 18.8 Å². The molecule has 0 saturated carbocycles. The molecule has 0 spiro atoms. The lowest BCUT2D eigenvalue weighted by Crippen LogP contribution is -2.33. The quantitative estimate of drug-likeness (QED) is 0.311. The third kappa shape index (κ3) is 4.54. The molecule has 2 unspecified atom stereocenters. The number of aliphatic hydroxyl groups is 5. The topological polar surface area (TPSA) is 101 Å². The van der Waals surface area contributed by atoms with Crippen molar-refractivity contribution in [3.63, 3.8) is 0 Å².